The normalized spacial score (nSPS) is 17.4. The van der Waals surface area contributed by atoms with Crippen molar-refractivity contribution in [1.29, 1.82) is 0 Å². The van der Waals surface area contributed by atoms with Gasteiger partial charge in [0.1, 0.15) is 11.5 Å². The van der Waals surface area contributed by atoms with Crippen LogP contribution in [0.4, 0.5) is 4.70 Å². The predicted octanol–water partition coefficient (Wildman–Crippen LogP) is 6.82. The molecule has 13 heteroatoms. The lowest BCUT2D eigenvalue weighted by molar-refractivity contribution is -0.170. The number of nitrogens with one attached hydrogen (secondary N) is 2. The number of halogens is 1. The van der Waals surface area contributed by atoms with Gasteiger partial charge in [0.15, 0.2) is 0 Å². The van der Waals surface area contributed by atoms with Crippen LogP contribution >= 0.6 is 22.7 Å². The molecule has 5 aromatic rings. The number of benzene rings is 2. The van der Waals surface area contributed by atoms with Gasteiger partial charge in [-0.1, -0.05) is 30.3 Å². The molecule has 1 unspecified atom stereocenters. The predicted molar refractivity (Wildman–Crippen MR) is 208 cm³/mol. The molecule has 3 aromatic heterocycles. The van der Waals surface area contributed by atoms with Crippen LogP contribution in [-0.2, 0) is 21.6 Å². The summed E-state index contributed by atoms with van der Waals surface area (Å²) in [5.41, 5.74) is 0.339. The molecule has 284 valence electrons. The standard InChI is InChI=1S/C40H47N3O7S2.FH/c1-26(41-25-34(45)31-16-18-33(44)38-32(31)17-19-37(46)42-38)24-27-8-12-29(13-9-27)49-21-5-20-43(2)28-10-14-30(15-11-28)50-40(39(47)48,35-6-3-22-51-35)36-7-4-23-52-36;/h3-4,6-9,12-13,16-19,22-23,26,28,30,34,41,44-45H,5,10-11,14-15,20-21,24-25H2,1-2H3,(H,42,46)(H,47,48);1H/t26?,28-,30-,34-;/m0./s1. The molecule has 0 amide bonds. The molecule has 53 heavy (non-hydrogen) atoms. The number of carbonyl (C=O) groups is 1. The Kier molecular flexibility index (Phi) is 13.8. The van der Waals surface area contributed by atoms with E-state index in [0.29, 0.717) is 45.4 Å². The molecule has 6 rings (SSSR count). The van der Waals surface area contributed by atoms with Gasteiger partial charge in [0.2, 0.25) is 11.2 Å². The van der Waals surface area contributed by atoms with Crippen LogP contribution in [0.15, 0.2) is 88.4 Å². The third-order valence-corrected chi connectivity index (χ3v) is 11.9. The third-order valence-electron chi connectivity index (χ3n) is 9.96. The summed E-state index contributed by atoms with van der Waals surface area (Å²) in [5.74, 6) is -0.166. The molecule has 2 aromatic carbocycles. The average Bonchev–Trinajstić information content (AvgIpc) is 3.89. The van der Waals surface area contributed by atoms with E-state index in [1.54, 1.807) is 12.1 Å². The molecule has 0 aliphatic heterocycles. The number of aromatic amines is 1. The maximum Gasteiger partial charge on any atom is 0.347 e. The number of nitrogens with zero attached hydrogens (tertiary/aromatic N) is 1. The minimum absolute atomic E-state index is 0. The summed E-state index contributed by atoms with van der Waals surface area (Å²) in [6, 6.07) is 22.3. The number of hydrogen-bond donors (Lipinski definition) is 5. The average molecular weight is 766 g/mol. The van der Waals surface area contributed by atoms with Crippen LogP contribution < -0.4 is 15.6 Å². The fourth-order valence-corrected chi connectivity index (χ4v) is 8.93. The number of rotatable bonds is 17. The number of carboxylic acid groups (broad SMARTS) is 1. The molecule has 0 radical (unpaired) electrons. The lowest BCUT2D eigenvalue weighted by Crippen LogP contribution is -2.44. The first-order valence-electron chi connectivity index (χ1n) is 17.8. The van der Waals surface area contributed by atoms with Crippen LogP contribution in [0.2, 0.25) is 0 Å². The molecular formula is C40H48FN3O7S2. The zero-order valence-electron chi connectivity index (χ0n) is 29.9. The number of aliphatic carboxylic acids is 1. The molecule has 0 spiro atoms. The van der Waals surface area contributed by atoms with E-state index < -0.39 is 17.7 Å². The SMILES string of the molecule is CC(Cc1ccc(OCCCN(C)[C@H]2CC[C@H](OC(C(=O)O)(c3cccs3)c3cccs3)CC2)cc1)NC[C@H](O)c1ccc(O)c2[nH]c(=O)ccc12.F. The van der Waals surface area contributed by atoms with Gasteiger partial charge in [0.25, 0.3) is 0 Å². The van der Waals surface area contributed by atoms with Crippen molar-refractivity contribution in [2.24, 2.45) is 0 Å². The number of carboxylic acids is 1. The highest BCUT2D eigenvalue weighted by Crippen LogP contribution is 2.42. The number of pyridine rings is 1. The number of aromatic nitrogens is 1. The van der Waals surface area contributed by atoms with E-state index in [4.69, 9.17) is 9.47 Å². The van der Waals surface area contributed by atoms with Crippen molar-refractivity contribution in [2.75, 3.05) is 26.7 Å². The Bertz CT molecular complexity index is 1910. The summed E-state index contributed by atoms with van der Waals surface area (Å²) >= 11 is 2.85. The highest BCUT2D eigenvalue weighted by Gasteiger charge is 2.48. The quantitative estimate of drug-likeness (QED) is 0.0645. The van der Waals surface area contributed by atoms with Gasteiger partial charge in [-0.15, -0.1) is 22.7 Å². The zero-order valence-corrected chi connectivity index (χ0v) is 31.5. The van der Waals surface area contributed by atoms with E-state index in [1.165, 1.54) is 34.8 Å². The van der Waals surface area contributed by atoms with E-state index >= 15 is 0 Å². The zero-order chi connectivity index (χ0) is 36.7. The molecule has 2 atom stereocenters. The number of thiophene rings is 2. The van der Waals surface area contributed by atoms with Crippen LogP contribution in [0.25, 0.3) is 10.9 Å². The van der Waals surface area contributed by atoms with Gasteiger partial charge in [0.05, 0.1) is 34.1 Å². The fourth-order valence-electron chi connectivity index (χ4n) is 7.12. The lowest BCUT2D eigenvalue weighted by Gasteiger charge is -2.38. The Labute approximate surface area is 316 Å². The fraction of sp³-hybridized carbons (Fsp3) is 0.400. The van der Waals surface area contributed by atoms with E-state index in [9.17, 15) is 24.9 Å². The minimum Gasteiger partial charge on any atom is -0.506 e. The molecule has 1 aliphatic rings. The first-order chi connectivity index (χ1) is 25.1. The van der Waals surface area contributed by atoms with Gasteiger partial charge in [-0.25, -0.2) is 4.79 Å². The van der Waals surface area contributed by atoms with Crippen LogP contribution in [0.5, 0.6) is 11.5 Å². The first-order valence-corrected chi connectivity index (χ1v) is 19.6. The Morgan fingerprint density at radius 3 is 2.30 bits per heavy atom. The van der Waals surface area contributed by atoms with E-state index in [0.717, 1.165) is 56.4 Å². The summed E-state index contributed by atoms with van der Waals surface area (Å²) in [5, 5.41) is 39.3. The van der Waals surface area contributed by atoms with E-state index in [2.05, 4.69) is 41.3 Å². The van der Waals surface area contributed by atoms with Crippen molar-refractivity contribution < 1.29 is 34.3 Å². The van der Waals surface area contributed by atoms with Gasteiger partial charge in [-0.05, 0) is 111 Å². The summed E-state index contributed by atoms with van der Waals surface area (Å²) < 4.78 is 12.6. The highest BCUT2D eigenvalue weighted by molar-refractivity contribution is 7.12. The Hall–Kier alpha value is -4.11. The van der Waals surface area contributed by atoms with Gasteiger partial charge < -0.3 is 40.0 Å². The number of hydrogen-bond acceptors (Lipinski definition) is 10. The number of phenols is 1. The largest absolute Gasteiger partial charge is 0.506 e. The number of aromatic hydroxyl groups is 1. The summed E-state index contributed by atoms with van der Waals surface area (Å²) in [6.45, 7) is 3.91. The lowest BCUT2D eigenvalue weighted by atomic mass is 9.90. The van der Waals surface area contributed by atoms with Crippen molar-refractivity contribution >= 4 is 39.5 Å². The maximum atomic E-state index is 12.7. The second-order valence-electron chi connectivity index (χ2n) is 13.6. The van der Waals surface area contributed by atoms with Gasteiger partial charge >= 0.3 is 5.97 Å². The monoisotopic (exact) mass is 765 g/mol. The Morgan fingerprint density at radius 2 is 1.68 bits per heavy atom. The molecular weight excluding hydrogens is 718 g/mol. The van der Waals surface area contributed by atoms with Crippen molar-refractivity contribution in [3.63, 3.8) is 0 Å². The van der Waals surface area contributed by atoms with Gasteiger partial charge in [-0.2, -0.15) is 0 Å². The maximum absolute atomic E-state index is 12.7. The number of phenolic OH excluding ortho intramolecular Hbond substituents is 1. The van der Waals surface area contributed by atoms with Crippen molar-refractivity contribution in [3.8, 4) is 11.5 Å². The van der Waals surface area contributed by atoms with Crippen LogP contribution in [0.3, 0.4) is 0 Å². The van der Waals surface area contributed by atoms with Crippen molar-refractivity contribution in [1.82, 2.24) is 15.2 Å². The molecule has 10 nitrogen and oxygen atoms in total. The first kappa shape index (κ1) is 40.1. The smallest absolute Gasteiger partial charge is 0.347 e. The van der Waals surface area contributed by atoms with Gasteiger partial charge in [-0.3, -0.25) is 9.50 Å². The molecule has 1 saturated carbocycles. The van der Waals surface area contributed by atoms with E-state index in [-0.39, 0.29) is 28.2 Å². The van der Waals surface area contributed by atoms with Crippen LogP contribution in [-0.4, -0.2) is 76.1 Å². The van der Waals surface area contributed by atoms with Crippen molar-refractivity contribution in [3.05, 3.63) is 115 Å². The summed E-state index contributed by atoms with van der Waals surface area (Å²) in [6.07, 6.45) is 4.27. The summed E-state index contributed by atoms with van der Waals surface area (Å²) in [7, 11) is 2.16. The molecule has 1 aliphatic carbocycles. The Morgan fingerprint density at radius 1 is 1.00 bits per heavy atom. The Balaban J connectivity index is 0.00000541. The molecule has 0 saturated heterocycles. The highest BCUT2D eigenvalue weighted by atomic mass is 32.1. The van der Waals surface area contributed by atoms with Crippen LogP contribution in [0.1, 0.15) is 66.0 Å². The van der Waals surface area contributed by atoms with E-state index in [1.807, 2.05) is 47.2 Å². The number of fused-ring (bicyclic) bond motifs is 1. The second kappa shape index (κ2) is 18.3. The number of aliphatic hydroxyl groups excluding tert-OH is 1. The molecule has 1 fully saturated rings. The molecule has 0 bridgehead atoms. The minimum atomic E-state index is -1.46. The summed E-state index contributed by atoms with van der Waals surface area (Å²) in [4.78, 5) is 30.9. The van der Waals surface area contributed by atoms with Gasteiger partial charge in [0, 0.05) is 36.6 Å². The third kappa shape index (κ3) is 9.53. The molecule has 5 N–H and O–H groups in total. The number of H-pyrrole nitrogens is 1. The number of aliphatic hydroxyl groups is 1. The number of ether oxygens (including phenoxy) is 2. The molecule has 3 heterocycles. The van der Waals surface area contributed by atoms with Crippen molar-refractivity contribution in [2.45, 2.75) is 75.3 Å². The van der Waals surface area contributed by atoms with Crippen LogP contribution in [0, 0.1) is 0 Å². The second-order valence-corrected chi connectivity index (χ2v) is 15.5. The topological polar surface area (TPSA) is 144 Å².